The summed E-state index contributed by atoms with van der Waals surface area (Å²) in [6.07, 6.45) is 5.48. The van der Waals surface area contributed by atoms with Crippen LogP contribution in [-0.2, 0) is 10.0 Å². The number of hydrogen-bond donors (Lipinski definition) is 1. The van der Waals surface area contributed by atoms with Crippen molar-refractivity contribution in [1.82, 2.24) is 4.72 Å². The van der Waals surface area contributed by atoms with E-state index in [1.54, 1.807) is 6.92 Å². The average Bonchev–Trinajstić information content (AvgIpc) is 2.04. The van der Waals surface area contributed by atoms with E-state index in [1.807, 2.05) is 6.92 Å². The quantitative estimate of drug-likeness (QED) is 0.761. The van der Waals surface area contributed by atoms with Crippen LogP contribution in [0.2, 0.25) is 0 Å². The summed E-state index contributed by atoms with van der Waals surface area (Å²) < 4.78 is 25.5. The molecule has 0 aliphatic heterocycles. The van der Waals surface area contributed by atoms with Gasteiger partial charge in [-0.3, -0.25) is 0 Å². The van der Waals surface area contributed by atoms with Crippen molar-refractivity contribution < 1.29 is 8.42 Å². The van der Waals surface area contributed by atoms with E-state index in [2.05, 4.69) is 4.72 Å². The molecule has 78 valence electrons. The molecule has 0 saturated heterocycles. The van der Waals surface area contributed by atoms with Crippen molar-refractivity contribution in [2.75, 3.05) is 5.75 Å². The second-order valence-electron chi connectivity index (χ2n) is 4.13. The molecule has 0 heterocycles. The van der Waals surface area contributed by atoms with Crippen LogP contribution in [-0.4, -0.2) is 19.7 Å². The molecule has 4 heteroatoms. The molecule has 1 fully saturated rings. The molecule has 0 aromatic heterocycles. The monoisotopic (exact) mass is 205 g/mol. The largest absolute Gasteiger partial charge is 0.212 e. The fourth-order valence-corrected chi connectivity index (χ4v) is 2.98. The molecule has 0 radical (unpaired) electrons. The summed E-state index contributed by atoms with van der Waals surface area (Å²) in [6, 6.07) is 0. The highest BCUT2D eigenvalue weighted by atomic mass is 32.2. The van der Waals surface area contributed by atoms with Gasteiger partial charge in [0.1, 0.15) is 0 Å². The van der Waals surface area contributed by atoms with Gasteiger partial charge in [-0.25, -0.2) is 13.1 Å². The van der Waals surface area contributed by atoms with Crippen LogP contribution in [0.5, 0.6) is 0 Å². The Labute approximate surface area is 81.0 Å². The van der Waals surface area contributed by atoms with Gasteiger partial charge in [0.2, 0.25) is 10.0 Å². The van der Waals surface area contributed by atoms with Crippen LogP contribution in [0.4, 0.5) is 0 Å². The standard InChI is InChI=1S/C9H19NO2S/c1-3-13(11,12)10-9(2)7-5-4-6-8-9/h10H,3-8H2,1-2H3. The first-order valence-corrected chi connectivity index (χ1v) is 6.64. The predicted molar refractivity (Wildman–Crippen MR) is 54.1 cm³/mol. The second-order valence-corrected chi connectivity index (χ2v) is 6.14. The van der Waals surface area contributed by atoms with Crippen LogP contribution < -0.4 is 4.72 Å². The van der Waals surface area contributed by atoms with Gasteiger partial charge in [-0.2, -0.15) is 0 Å². The van der Waals surface area contributed by atoms with E-state index in [1.165, 1.54) is 6.42 Å². The Hall–Kier alpha value is -0.0900. The van der Waals surface area contributed by atoms with Crippen LogP contribution >= 0.6 is 0 Å². The summed E-state index contributed by atoms with van der Waals surface area (Å²) in [4.78, 5) is 0. The normalized spacial score (nSPS) is 22.9. The molecule has 1 saturated carbocycles. The van der Waals surface area contributed by atoms with Gasteiger partial charge in [0.15, 0.2) is 0 Å². The Bertz CT molecular complexity index is 253. The van der Waals surface area contributed by atoms with Crippen molar-refractivity contribution in [2.24, 2.45) is 0 Å². The summed E-state index contributed by atoms with van der Waals surface area (Å²) >= 11 is 0. The number of nitrogens with one attached hydrogen (secondary N) is 1. The first-order valence-electron chi connectivity index (χ1n) is 4.99. The fourth-order valence-electron chi connectivity index (χ4n) is 1.88. The average molecular weight is 205 g/mol. The SMILES string of the molecule is CCS(=O)(=O)NC1(C)CCCCC1. The fraction of sp³-hybridized carbons (Fsp3) is 1.00. The Kier molecular flexibility index (Phi) is 3.35. The lowest BCUT2D eigenvalue weighted by molar-refractivity contribution is 0.294. The molecule has 0 aromatic carbocycles. The van der Waals surface area contributed by atoms with Gasteiger partial charge in [-0.15, -0.1) is 0 Å². The van der Waals surface area contributed by atoms with Crippen molar-refractivity contribution in [2.45, 2.75) is 51.5 Å². The third-order valence-electron chi connectivity index (χ3n) is 2.74. The number of hydrogen-bond acceptors (Lipinski definition) is 2. The Morgan fingerprint density at radius 3 is 2.23 bits per heavy atom. The van der Waals surface area contributed by atoms with Gasteiger partial charge in [0, 0.05) is 5.54 Å². The molecule has 1 aliphatic carbocycles. The van der Waals surface area contributed by atoms with E-state index in [9.17, 15) is 8.42 Å². The molecule has 0 spiro atoms. The van der Waals surface area contributed by atoms with E-state index in [0.717, 1.165) is 25.7 Å². The second kappa shape index (κ2) is 3.96. The first-order chi connectivity index (χ1) is 5.97. The summed E-state index contributed by atoms with van der Waals surface area (Å²) in [5.41, 5.74) is -0.174. The van der Waals surface area contributed by atoms with Crippen molar-refractivity contribution in [1.29, 1.82) is 0 Å². The van der Waals surface area contributed by atoms with Gasteiger partial charge in [0.25, 0.3) is 0 Å². The smallest absolute Gasteiger partial charge is 0.211 e. The van der Waals surface area contributed by atoms with Crippen LogP contribution in [0.25, 0.3) is 0 Å². The Morgan fingerprint density at radius 1 is 1.23 bits per heavy atom. The maximum atomic E-state index is 11.4. The van der Waals surface area contributed by atoms with Gasteiger partial charge in [0.05, 0.1) is 5.75 Å². The number of rotatable bonds is 3. The van der Waals surface area contributed by atoms with Crippen molar-refractivity contribution in [3.8, 4) is 0 Å². The zero-order valence-corrected chi connectivity index (χ0v) is 9.28. The Morgan fingerprint density at radius 2 is 1.77 bits per heavy atom. The van der Waals surface area contributed by atoms with E-state index in [-0.39, 0.29) is 11.3 Å². The molecule has 1 aliphatic rings. The minimum atomic E-state index is -3.03. The molecule has 1 rings (SSSR count). The molecular weight excluding hydrogens is 186 g/mol. The molecule has 0 atom stereocenters. The zero-order chi connectivity index (χ0) is 9.95. The molecule has 0 aromatic rings. The molecule has 1 N–H and O–H groups in total. The third-order valence-corrected chi connectivity index (χ3v) is 4.30. The van der Waals surface area contributed by atoms with E-state index < -0.39 is 10.0 Å². The maximum Gasteiger partial charge on any atom is 0.211 e. The maximum absolute atomic E-state index is 11.4. The van der Waals surface area contributed by atoms with E-state index in [0.29, 0.717) is 0 Å². The summed E-state index contributed by atoms with van der Waals surface area (Å²) in [7, 11) is -3.03. The van der Waals surface area contributed by atoms with E-state index >= 15 is 0 Å². The van der Waals surface area contributed by atoms with Crippen LogP contribution in [0.3, 0.4) is 0 Å². The minimum Gasteiger partial charge on any atom is -0.212 e. The first kappa shape index (κ1) is 11.0. The molecule has 3 nitrogen and oxygen atoms in total. The highest BCUT2D eigenvalue weighted by Gasteiger charge is 2.30. The number of sulfonamides is 1. The van der Waals surface area contributed by atoms with Crippen molar-refractivity contribution in [3.05, 3.63) is 0 Å². The highest BCUT2D eigenvalue weighted by Crippen LogP contribution is 2.28. The molecule has 0 unspecified atom stereocenters. The minimum absolute atomic E-state index is 0.174. The summed E-state index contributed by atoms with van der Waals surface area (Å²) in [5, 5.41) is 0. The van der Waals surface area contributed by atoms with Crippen LogP contribution in [0, 0.1) is 0 Å². The van der Waals surface area contributed by atoms with Gasteiger partial charge >= 0.3 is 0 Å². The topological polar surface area (TPSA) is 46.2 Å². The molecule has 0 amide bonds. The summed E-state index contributed by atoms with van der Waals surface area (Å²) in [5.74, 6) is 0.183. The van der Waals surface area contributed by atoms with Gasteiger partial charge < -0.3 is 0 Å². The predicted octanol–water partition coefficient (Wildman–Crippen LogP) is 1.65. The van der Waals surface area contributed by atoms with Crippen LogP contribution in [0.1, 0.15) is 46.0 Å². The third kappa shape index (κ3) is 3.27. The Balaban J connectivity index is 2.60. The van der Waals surface area contributed by atoms with Crippen molar-refractivity contribution >= 4 is 10.0 Å². The van der Waals surface area contributed by atoms with Crippen LogP contribution in [0.15, 0.2) is 0 Å². The molecule has 0 bridgehead atoms. The van der Waals surface area contributed by atoms with Crippen molar-refractivity contribution in [3.63, 3.8) is 0 Å². The van der Waals surface area contributed by atoms with E-state index in [4.69, 9.17) is 0 Å². The van der Waals surface area contributed by atoms with Gasteiger partial charge in [-0.1, -0.05) is 19.3 Å². The molecule has 13 heavy (non-hydrogen) atoms. The molecular formula is C9H19NO2S. The summed E-state index contributed by atoms with van der Waals surface area (Å²) in [6.45, 7) is 3.69. The van der Waals surface area contributed by atoms with Gasteiger partial charge in [-0.05, 0) is 26.7 Å². The lowest BCUT2D eigenvalue weighted by Gasteiger charge is -2.33. The lowest BCUT2D eigenvalue weighted by Crippen LogP contribution is -2.47. The lowest BCUT2D eigenvalue weighted by atomic mass is 9.84. The zero-order valence-electron chi connectivity index (χ0n) is 8.47. The highest BCUT2D eigenvalue weighted by molar-refractivity contribution is 7.89.